The minimum Gasteiger partial charge on any atom is -0.381 e. The molecule has 0 aliphatic heterocycles. The molecule has 0 radical (unpaired) electrons. The van der Waals surface area contributed by atoms with Crippen molar-refractivity contribution >= 4 is 27.2 Å². The summed E-state index contributed by atoms with van der Waals surface area (Å²) in [5.41, 5.74) is 7.41. The van der Waals surface area contributed by atoms with Gasteiger partial charge < -0.3 is 5.73 Å². The molecule has 0 bridgehead atoms. The van der Waals surface area contributed by atoms with Crippen molar-refractivity contribution in [3.8, 4) is 0 Å². The zero-order valence-electron chi connectivity index (χ0n) is 12.0. The van der Waals surface area contributed by atoms with Gasteiger partial charge in [-0.3, -0.25) is 4.68 Å². The van der Waals surface area contributed by atoms with Gasteiger partial charge in [0, 0.05) is 19.6 Å². The number of thiophene rings is 1. The van der Waals surface area contributed by atoms with Crippen molar-refractivity contribution in [2.75, 3.05) is 5.73 Å². The molecular weight excluding hydrogens is 308 g/mol. The molecule has 114 valence electrons. The topological polar surface area (TPSA) is 81.2 Å². The molecule has 21 heavy (non-hydrogen) atoms. The quantitative estimate of drug-likeness (QED) is 0.907. The number of sulfonamides is 1. The molecule has 2 aromatic heterocycles. The lowest BCUT2D eigenvalue weighted by Gasteiger charge is -2.21. The van der Waals surface area contributed by atoms with Gasteiger partial charge in [0.2, 0.25) is 10.0 Å². The van der Waals surface area contributed by atoms with E-state index in [1.807, 2.05) is 16.8 Å². The highest BCUT2D eigenvalue weighted by Crippen LogP contribution is 2.36. The third-order valence-corrected chi connectivity index (χ3v) is 6.54. The molecule has 1 aliphatic rings. The van der Waals surface area contributed by atoms with Crippen LogP contribution in [0.2, 0.25) is 0 Å². The number of hydrogen-bond donors (Lipinski definition) is 1. The van der Waals surface area contributed by atoms with Crippen LogP contribution in [0.1, 0.15) is 24.1 Å². The average molecular weight is 326 g/mol. The van der Waals surface area contributed by atoms with Gasteiger partial charge in [-0.25, -0.2) is 8.42 Å². The Morgan fingerprint density at radius 2 is 2.24 bits per heavy atom. The molecule has 1 fully saturated rings. The van der Waals surface area contributed by atoms with E-state index in [2.05, 4.69) is 5.10 Å². The predicted octanol–water partition coefficient (Wildman–Crippen LogP) is 1.73. The summed E-state index contributed by atoms with van der Waals surface area (Å²) >= 11 is 1.57. The first kappa shape index (κ1) is 14.6. The molecule has 3 rings (SSSR count). The van der Waals surface area contributed by atoms with Gasteiger partial charge in [0.1, 0.15) is 4.90 Å². The summed E-state index contributed by atoms with van der Waals surface area (Å²) < 4.78 is 29.1. The van der Waals surface area contributed by atoms with Crippen molar-refractivity contribution < 1.29 is 8.42 Å². The van der Waals surface area contributed by atoms with E-state index in [1.54, 1.807) is 29.6 Å². The smallest absolute Gasteiger partial charge is 0.249 e. The molecule has 0 spiro atoms. The Morgan fingerprint density at radius 1 is 1.52 bits per heavy atom. The van der Waals surface area contributed by atoms with Crippen LogP contribution in [0.15, 0.2) is 21.7 Å². The Balaban J connectivity index is 2.01. The van der Waals surface area contributed by atoms with Gasteiger partial charge >= 0.3 is 0 Å². The molecule has 0 amide bonds. The largest absolute Gasteiger partial charge is 0.381 e. The van der Waals surface area contributed by atoms with Crippen molar-refractivity contribution in [1.29, 1.82) is 0 Å². The normalized spacial score (nSPS) is 15.8. The van der Waals surface area contributed by atoms with Crippen molar-refractivity contribution in [2.24, 2.45) is 7.05 Å². The molecule has 2 aromatic rings. The number of aryl methyl sites for hydroxylation is 1. The average Bonchev–Trinajstić information content (AvgIpc) is 3.03. The van der Waals surface area contributed by atoms with Crippen LogP contribution in [0.4, 0.5) is 5.82 Å². The number of rotatable bonds is 5. The van der Waals surface area contributed by atoms with Crippen molar-refractivity contribution in [3.05, 3.63) is 28.1 Å². The first-order valence-electron chi connectivity index (χ1n) is 6.73. The molecule has 0 atom stereocenters. The highest BCUT2D eigenvalue weighted by molar-refractivity contribution is 7.89. The van der Waals surface area contributed by atoms with Crippen molar-refractivity contribution in [2.45, 2.75) is 37.2 Å². The molecule has 0 saturated heterocycles. The molecule has 0 aromatic carbocycles. The lowest BCUT2D eigenvalue weighted by molar-refractivity contribution is 0.399. The Bertz CT molecular complexity index is 745. The van der Waals surface area contributed by atoms with Crippen LogP contribution in [0.5, 0.6) is 0 Å². The second-order valence-electron chi connectivity index (χ2n) is 5.34. The van der Waals surface area contributed by atoms with Crippen LogP contribution in [-0.4, -0.2) is 28.5 Å². The fourth-order valence-electron chi connectivity index (χ4n) is 2.39. The number of aromatic nitrogens is 2. The Hall–Kier alpha value is -1.38. The van der Waals surface area contributed by atoms with Gasteiger partial charge in [-0.15, -0.1) is 0 Å². The molecule has 2 N–H and O–H groups in total. The van der Waals surface area contributed by atoms with Gasteiger partial charge in [0.05, 0.1) is 5.69 Å². The maximum absolute atomic E-state index is 13.0. The molecule has 0 unspecified atom stereocenters. The first-order valence-corrected chi connectivity index (χ1v) is 9.11. The Labute approximate surface area is 128 Å². The van der Waals surface area contributed by atoms with Crippen molar-refractivity contribution in [3.63, 3.8) is 0 Å². The molecular formula is C13H18N4O2S2. The van der Waals surface area contributed by atoms with E-state index in [0.717, 1.165) is 18.4 Å². The van der Waals surface area contributed by atoms with Gasteiger partial charge in [0.25, 0.3) is 0 Å². The molecule has 2 heterocycles. The van der Waals surface area contributed by atoms with Crippen LogP contribution in [-0.2, 0) is 23.6 Å². The minimum absolute atomic E-state index is 0.0750. The summed E-state index contributed by atoms with van der Waals surface area (Å²) in [7, 11) is -1.93. The van der Waals surface area contributed by atoms with Crippen molar-refractivity contribution in [1.82, 2.24) is 14.1 Å². The van der Waals surface area contributed by atoms with Crippen LogP contribution < -0.4 is 5.73 Å². The fourth-order valence-corrected chi connectivity index (χ4v) is 5.01. The number of nitrogens with two attached hydrogens (primary N) is 1. The summed E-state index contributed by atoms with van der Waals surface area (Å²) in [5, 5.41) is 7.96. The summed E-state index contributed by atoms with van der Waals surface area (Å²) in [5.74, 6) is 0.0750. The van der Waals surface area contributed by atoms with Crippen LogP contribution in [0, 0.1) is 6.92 Å². The number of anilines is 1. The number of nitrogens with zero attached hydrogens (tertiary/aromatic N) is 3. The Morgan fingerprint density at radius 3 is 2.71 bits per heavy atom. The zero-order valence-corrected chi connectivity index (χ0v) is 13.6. The summed E-state index contributed by atoms with van der Waals surface area (Å²) in [4.78, 5) is 0.145. The van der Waals surface area contributed by atoms with E-state index in [0.29, 0.717) is 12.2 Å². The van der Waals surface area contributed by atoms with Crippen LogP contribution in [0.25, 0.3) is 0 Å². The van der Waals surface area contributed by atoms with E-state index >= 15 is 0 Å². The first-order chi connectivity index (χ1) is 9.91. The monoisotopic (exact) mass is 326 g/mol. The fraction of sp³-hybridized carbons (Fsp3) is 0.462. The summed E-state index contributed by atoms with van der Waals surface area (Å²) in [6, 6.07) is 2.03. The molecule has 1 aliphatic carbocycles. The van der Waals surface area contributed by atoms with E-state index < -0.39 is 10.0 Å². The van der Waals surface area contributed by atoms with Crippen LogP contribution >= 0.6 is 11.3 Å². The predicted molar refractivity (Wildman–Crippen MR) is 82.4 cm³/mol. The van der Waals surface area contributed by atoms with E-state index in [4.69, 9.17) is 5.73 Å². The second-order valence-corrected chi connectivity index (χ2v) is 7.94. The molecule has 6 nitrogen and oxygen atoms in total. The van der Waals surface area contributed by atoms with Gasteiger partial charge in [0.15, 0.2) is 5.82 Å². The Kier molecular flexibility index (Phi) is 3.54. The number of nitrogen functional groups attached to an aromatic ring is 1. The third-order valence-electron chi connectivity index (χ3n) is 3.74. The van der Waals surface area contributed by atoms with E-state index in [9.17, 15) is 8.42 Å². The lowest BCUT2D eigenvalue weighted by Crippen LogP contribution is -2.33. The van der Waals surface area contributed by atoms with Crippen LogP contribution in [0.3, 0.4) is 0 Å². The maximum atomic E-state index is 13.0. The van der Waals surface area contributed by atoms with Gasteiger partial charge in [-0.05, 0) is 42.2 Å². The van der Waals surface area contributed by atoms with Gasteiger partial charge in [-0.2, -0.15) is 20.7 Å². The molecule has 8 heteroatoms. The number of hydrogen-bond acceptors (Lipinski definition) is 5. The highest BCUT2D eigenvalue weighted by atomic mass is 32.2. The highest BCUT2D eigenvalue weighted by Gasteiger charge is 2.40. The van der Waals surface area contributed by atoms with Gasteiger partial charge in [-0.1, -0.05) is 0 Å². The zero-order chi connectivity index (χ0) is 15.2. The molecule has 1 saturated carbocycles. The lowest BCUT2D eigenvalue weighted by atomic mass is 10.3. The summed E-state index contributed by atoms with van der Waals surface area (Å²) in [6.07, 6.45) is 1.81. The maximum Gasteiger partial charge on any atom is 0.249 e. The van der Waals surface area contributed by atoms with E-state index in [1.165, 1.54) is 4.68 Å². The minimum atomic E-state index is -3.62. The summed E-state index contributed by atoms with van der Waals surface area (Å²) in [6.45, 7) is 2.12. The second kappa shape index (κ2) is 5.11. The van der Waals surface area contributed by atoms with E-state index in [-0.39, 0.29) is 16.8 Å². The standard InChI is InChI=1S/C13H18N4O2S2/c1-9-12(13(14)15-16(9)2)21(18,19)17(11-3-4-11)7-10-5-6-20-8-10/h5-6,8,11H,3-4,7H2,1-2H3,(H2,14,15). The SMILES string of the molecule is Cc1c(S(=O)(=O)N(Cc2ccsc2)C2CC2)c(N)nn1C. The third kappa shape index (κ3) is 2.58.